The van der Waals surface area contributed by atoms with E-state index in [0.717, 1.165) is 30.9 Å². The number of amides is 1. The van der Waals surface area contributed by atoms with Gasteiger partial charge in [0.1, 0.15) is 0 Å². The quantitative estimate of drug-likeness (QED) is 0.864. The molecular formula is C12H18N2O2S. The van der Waals surface area contributed by atoms with Crippen LogP contribution in [0.5, 0.6) is 0 Å². The number of rotatable bonds is 3. The first-order chi connectivity index (χ1) is 8.16. The van der Waals surface area contributed by atoms with E-state index in [9.17, 15) is 4.79 Å². The maximum absolute atomic E-state index is 11.9. The third-order valence-electron chi connectivity index (χ3n) is 2.99. The third-order valence-corrected chi connectivity index (χ3v) is 4.05. The van der Waals surface area contributed by atoms with Crippen LogP contribution in [0.2, 0.25) is 0 Å². The summed E-state index contributed by atoms with van der Waals surface area (Å²) in [6.45, 7) is 4.22. The number of carbonyl (C=O) groups excluding carboxylic acids is 1. The molecule has 0 bridgehead atoms. The summed E-state index contributed by atoms with van der Waals surface area (Å²) in [5.41, 5.74) is 6.42. The zero-order chi connectivity index (χ0) is 12.3. The number of hydrogen-bond acceptors (Lipinski definition) is 4. The van der Waals surface area contributed by atoms with Crippen molar-refractivity contribution in [2.24, 2.45) is 5.92 Å². The molecular weight excluding hydrogens is 236 g/mol. The Bertz CT molecular complexity index is 378. The molecule has 3 N–H and O–H groups in total. The Labute approximate surface area is 105 Å². The highest BCUT2D eigenvalue weighted by molar-refractivity contribution is 7.14. The van der Waals surface area contributed by atoms with Gasteiger partial charge in [-0.2, -0.15) is 0 Å². The van der Waals surface area contributed by atoms with Gasteiger partial charge in [-0.1, -0.05) is 0 Å². The molecule has 94 valence electrons. The van der Waals surface area contributed by atoms with Crippen LogP contribution in [0.15, 0.2) is 6.07 Å². The summed E-state index contributed by atoms with van der Waals surface area (Å²) in [6, 6.07) is 1.74. The number of aryl methyl sites for hydroxylation is 1. The fraction of sp³-hybridized carbons (Fsp3) is 0.583. The highest BCUT2D eigenvalue weighted by Gasteiger charge is 2.16. The molecule has 1 aliphatic rings. The van der Waals surface area contributed by atoms with Crippen molar-refractivity contribution in [1.82, 2.24) is 5.32 Å². The number of anilines is 1. The summed E-state index contributed by atoms with van der Waals surface area (Å²) in [5, 5.41) is 2.95. The summed E-state index contributed by atoms with van der Waals surface area (Å²) in [6.07, 6.45) is 2.22. The van der Waals surface area contributed by atoms with Crippen LogP contribution in [0.4, 0.5) is 5.69 Å². The van der Waals surface area contributed by atoms with Crippen molar-refractivity contribution in [3.63, 3.8) is 0 Å². The number of nitrogens with two attached hydrogens (primary N) is 1. The summed E-state index contributed by atoms with van der Waals surface area (Å²) >= 11 is 1.44. The first-order valence-electron chi connectivity index (χ1n) is 5.88. The predicted octanol–water partition coefficient (Wildman–Crippen LogP) is 1.80. The minimum atomic E-state index is -0.0274. The van der Waals surface area contributed by atoms with Crippen molar-refractivity contribution in [3.05, 3.63) is 15.8 Å². The van der Waals surface area contributed by atoms with E-state index in [2.05, 4.69) is 5.32 Å². The summed E-state index contributed by atoms with van der Waals surface area (Å²) in [7, 11) is 0. The van der Waals surface area contributed by atoms with Crippen LogP contribution >= 0.6 is 11.3 Å². The Hall–Kier alpha value is -1.07. The second kappa shape index (κ2) is 5.51. The van der Waals surface area contributed by atoms with Crippen molar-refractivity contribution in [1.29, 1.82) is 0 Å². The molecule has 17 heavy (non-hydrogen) atoms. The molecule has 0 aromatic carbocycles. The van der Waals surface area contributed by atoms with Crippen LogP contribution in [0.1, 0.15) is 27.4 Å². The lowest BCUT2D eigenvalue weighted by atomic mass is 10.0. The monoisotopic (exact) mass is 254 g/mol. The standard InChI is InChI=1S/C12H18N2O2S/c1-8-10(13)5-11(17-8)12(15)14-6-9-3-2-4-16-7-9/h5,9H,2-4,6-7,13H2,1H3,(H,14,15). The maximum Gasteiger partial charge on any atom is 0.261 e. The molecule has 0 saturated carbocycles. The van der Waals surface area contributed by atoms with Gasteiger partial charge < -0.3 is 15.8 Å². The zero-order valence-electron chi connectivity index (χ0n) is 9.99. The Morgan fingerprint density at radius 1 is 1.71 bits per heavy atom. The Morgan fingerprint density at radius 3 is 3.12 bits per heavy atom. The molecule has 1 aromatic heterocycles. The number of thiophene rings is 1. The van der Waals surface area contributed by atoms with Crippen LogP contribution in [0.3, 0.4) is 0 Å². The normalized spacial score (nSPS) is 20.2. The Morgan fingerprint density at radius 2 is 2.53 bits per heavy atom. The van der Waals surface area contributed by atoms with Crippen molar-refractivity contribution >= 4 is 22.9 Å². The molecule has 0 aliphatic carbocycles. The second-order valence-corrected chi connectivity index (χ2v) is 5.67. The molecule has 2 rings (SSSR count). The highest BCUT2D eigenvalue weighted by Crippen LogP contribution is 2.23. The SMILES string of the molecule is Cc1sc(C(=O)NCC2CCCOC2)cc1N. The average molecular weight is 254 g/mol. The van der Waals surface area contributed by atoms with Crippen LogP contribution in [-0.2, 0) is 4.74 Å². The van der Waals surface area contributed by atoms with Crippen LogP contribution in [-0.4, -0.2) is 25.7 Å². The van der Waals surface area contributed by atoms with Crippen molar-refractivity contribution in [2.75, 3.05) is 25.5 Å². The van der Waals surface area contributed by atoms with Gasteiger partial charge in [0.2, 0.25) is 0 Å². The summed E-state index contributed by atoms with van der Waals surface area (Å²) in [5.74, 6) is 0.423. The van der Waals surface area contributed by atoms with Gasteiger partial charge in [-0.25, -0.2) is 0 Å². The van der Waals surface area contributed by atoms with Crippen molar-refractivity contribution in [3.8, 4) is 0 Å². The predicted molar refractivity (Wildman–Crippen MR) is 69.3 cm³/mol. The van der Waals surface area contributed by atoms with E-state index in [1.165, 1.54) is 11.3 Å². The molecule has 1 fully saturated rings. The molecule has 0 radical (unpaired) electrons. The van der Waals surface area contributed by atoms with Gasteiger partial charge in [0.25, 0.3) is 5.91 Å². The Balaban J connectivity index is 1.84. The molecule has 5 heteroatoms. The lowest BCUT2D eigenvalue weighted by molar-refractivity contribution is 0.0536. The molecule has 1 amide bonds. The molecule has 1 aliphatic heterocycles. The number of carbonyl (C=O) groups is 1. The smallest absolute Gasteiger partial charge is 0.261 e. The fourth-order valence-corrected chi connectivity index (χ4v) is 2.76. The third kappa shape index (κ3) is 3.20. The van der Waals surface area contributed by atoms with Gasteiger partial charge in [0, 0.05) is 23.7 Å². The van der Waals surface area contributed by atoms with Crippen LogP contribution in [0.25, 0.3) is 0 Å². The van der Waals surface area contributed by atoms with Gasteiger partial charge in [0.05, 0.1) is 11.5 Å². The van der Waals surface area contributed by atoms with Gasteiger partial charge in [-0.15, -0.1) is 11.3 Å². The minimum absolute atomic E-state index is 0.0274. The summed E-state index contributed by atoms with van der Waals surface area (Å²) in [4.78, 5) is 13.5. The fourth-order valence-electron chi connectivity index (χ4n) is 1.90. The Kier molecular flexibility index (Phi) is 4.02. The maximum atomic E-state index is 11.9. The van der Waals surface area contributed by atoms with Gasteiger partial charge in [-0.05, 0) is 31.7 Å². The van der Waals surface area contributed by atoms with Crippen molar-refractivity contribution in [2.45, 2.75) is 19.8 Å². The molecule has 1 unspecified atom stereocenters. The van der Waals surface area contributed by atoms with E-state index in [1.54, 1.807) is 6.07 Å². The molecule has 1 aromatic rings. The van der Waals surface area contributed by atoms with E-state index in [0.29, 0.717) is 23.0 Å². The van der Waals surface area contributed by atoms with Gasteiger partial charge in [-0.3, -0.25) is 4.79 Å². The van der Waals surface area contributed by atoms with Crippen LogP contribution in [0, 0.1) is 12.8 Å². The number of hydrogen-bond donors (Lipinski definition) is 2. The van der Waals surface area contributed by atoms with E-state index in [-0.39, 0.29) is 5.91 Å². The zero-order valence-corrected chi connectivity index (χ0v) is 10.8. The van der Waals surface area contributed by atoms with Gasteiger partial charge in [0.15, 0.2) is 0 Å². The van der Waals surface area contributed by atoms with E-state index < -0.39 is 0 Å². The largest absolute Gasteiger partial charge is 0.398 e. The summed E-state index contributed by atoms with van der Waals surface area (Å²) < 4.78 is 5.37. The molecule has 2 heterocycles. The first kappa shape index (κ1) is 12.4. The van der Waals surface area contributed by atoms with Crippen LogP contribution < -0.4 is 11.1 Å². The second-order valence-electron chi connectivity index (χ2n) is 4.42. The highest BCUT2D eigenvalue weighted by atomic mass is 32.1. The molecule has 4 nitrogen and oxygen atoms in total. The van der Waals surface area contributed by atoms with Gasteiger partial charge >= 0.3 is 0 Å². The number of nitrogens with one attached hydrogen (secondary N) is 1. The lowest BCUT2D eigenvalue weighted by Gasteiger charge is -2.21. The average Bonchev–Trinajstić information content (AvgIpc) is 2.68. The lowest BCUT2D eigenvalue weighted by Crippen LogP contribution is -2.32. The van der Waals surface area contributed by atoms with E-state index in [4.69, 9.17) is 10.5 Å². The first-order valence-corrected chi connectivity index (χ1v) is 6.70. The minimum Gasteiger partial charge on any atom is -0.398 e. The topological polar surface area (TPSA) is 64.3 Å². The molecule has 1 atom stereocenters. The molecule has 0 spiro atoms. The van der Waals surface area contributed by atoms with Crippen molar-refractivity contribution < 1.29 is 9.53 Å². The van der Waals surface area contributed by atoms with E-state index >= 15 is 0 Å². The molecule has 1 saturated heterocycles. The van der Waals surface area contributed by atoms with E-state index in [1.807, 2.05) is 6.92 Å². The number of nitrogen functional groups attached to an aromatic ring is 1. The number of ether oxygens (including phenoxy) is 1.